The van der Waals surface area contributed by atoms with Crippen molar-refractivity contribution < 1.29 is 52.2 Å². The first-order valence-corrected chi connectivity index (χ1v) is 7.20. The number of carbonyl (C=O) groups excluding carboxylic acids is 2. The van der Waals surface area contributed by atoms with Crippen LogP contribution in [0.2, 0.25) is 0 Å². The van der Waals surface area contributed by atoms with Crippen molar-refractivity contribution in [2.45, 2.75) is 24.9 Å². The summed E-state index contributed by atoms with van der Waals surface area (Å²) in [6, 6.07) is 5.73. The van der Waals surface area contributed by atoms with Crippen molar-refractivity contribution in [2.75, 3.05) is 7.05 Å². The third-order valence-electron chi connectivity index (χ3n) is 3.66. The van der Waals surface area contributed by atoms with E-state index in [4.69, 9.17) is 5.11 Å². The molecule has 2 atom stereocenters. The second-order valence-corrected chi connectivity index (χ2v) is 5.13. The SMILES string of the molecule is CNC(CCC(=O)NC([C-]=O)c1c[nH]c2ccccc12)C(=O)O.[Y]. The molecule has 2 rings (SSSR count). The average molecular weight is 405 g/mol. The number of nitrogens with one attached hydrogen (secondary N) is 3. The molecule has 1 radical (unpaired) electrons. The van der Waals surface area contributed by atoms with Gasteiger partial charge in [0.25, 0.3) is 0 Å². The largest absolute Gasteiger partial charge is 0.540 e. The van der Waals surface area contributed by atoms with Gasteiger partial charge in [-0.1, -0.05) is 18.2 Å². The molecule has 24 heavy (non-hydrogen) atoms. The van der Waals surface area contributed by atoms with E-state index in [-0.39, 0.29) is 45.6 Å². The minimum atomic E-state index is -1.02. The van der Waals surface area contributed by atoms with E-state index < -0.39 is 24.0 Å². The minimum absolute atomic E-state index is 0. The molecular weight excluding hydrogens is 387 g/mol. The fourth-order valence-corrected chi connectivity index (χ4v) is 2.40. The van der Waals surface area contributed by atoms with Gasteiger partial charge in [0.05, 0.1) is 0 Å². The Hall–Kier alpha value is -1.57. The molecule has 8 heteroatoms. The van der Waals surface area contributed by atoms with E-state index >= 15 is 0 Å². The fraction of sp³-hybridized carbons (Fsp3) is 0.312. The number of benzene rings is 1. The minimum Gasteiger partial charge on any atom is -0.540 e. The molecule has 2 unspecified atom stereocenters. The number of aliphatic carboxylic acids is 1. The Balaban J connectivity index is 0.00000288. The summed E-state index contributed by atoms with van der Waals surface area (Å²) in [6.07, 6.45) is 3.61. The predicted molar refractivity (Wildman–Crippen MR) is 84.6 cm³/mol. The van der Waals surface area contributed by atoms with Crippen molar-refractivity contribution in [3.8, 4) is 0 Å². The van der Waals surface area contributed by atoms with E-state index in [9.17, 15) is 14.4 Å². The molecule has 0 aliphatic carbocycles. The summed E-state index contributed by atoms with van der Waals surface area (Å²) in [5.41, 5.74) is 1.49. The third kappa shape index (κ3) is 4.96. The van der Waals surface area contributed by atoms with Crippen LogP contribution in [0.15, 0.2) is 30.5 Å². The summed E-state index contributed by atoms with van der Waals surface area (Å²) in [7, 11) is 1.52. The van der Waals surface area contributed by atoms with Crippen molar-refractivity contribution in [1.82, 2.24) is 15.6 Å². The Kier molecular flexibility index (Phi) is 8.24. The second kappa shape index (κ2) is 9.66. The van der Waals surface area contributed by atoms with Gasteiger partial charge in [-0.25, -0.2) is 6.29 Å². The van der Waals surface area contributed by atoms with Gasteiger partial charge in [-0.15, -0.1) is 0 Å². The zero-order chi connectivity index (χ0) is 16.8. The number of carboxylic acid groups (broad SMARTS) is 1. The van der Waals surface area contributed by atoms with Crippen LogP contribution in [0.1, 0.15) is 24.4 Å². The predicted octanol–water partition coefficient (Wildman–Crippen LogP) is 0.885. The molecule has 0 saturated heterocycles. The molecule has 1 aromatic carbocycles. The van der Waals surface area contributed by atoms with Gasteiger partial charge < -0.3 is 25.5 Å². The summed E-state index contributed by atoms with van der Waals surface area (Å²) in [6.45, 7) is 0. The van der Waals surface area contributed by atoms with Gasteiger partial charge in [0.1, 0.15) is 6.04 Å². The number of amides is 1. The quantitative estimate of drug-likeness (QED) is 0.488. The first-order valence-electron chi connectivity index (χ1n) is 7.20. The fourth-order valence-electron chi connectivity index (χ4n) is 2.40. The van der Waals surface area contributed by atoms with Gasteiger partial charge in [0, 0.05) is 56.2 Å². The molecule has 1 heterocycles. The summed E-state index contributed by atoms with van der Waals surface area (Å²) in [5.74, 6) is -1.42. The first kappa shape index (κ1) is 20.5. The Morgan fingerprint density at radius 1 is 1.33 bits per heavy atom. The summed E-state index contributed by atoms with van der Waals surface area (Å²) >= 11 is 0. The van der Waals surface area contributed by atoms with E-state index in [1.54, 1.807) is 6.20 Å². The standard InChI is InChI=1S/C16H18N3O4.Y/c1-17-13(16(22)23)6-7-15(21)19-14(9-20)11-8-18-12-5-3-2-4-10(11)12;/h2-5,8,13-14,17-18H,6-7H2,1H3,(H,19,21)(H,22,23);/q-1;. The average Bonchev–Trinajstić information content (AvgIpc) is 2.97. The van der Waals surface area contributed by atoms with E-state index in [0.717, 1.165) is 10.9 Å². The first-order chi connectivity index (χ1) is 11.1. The number of para-hydroxylation sites is 1. The maximum Gasteiger partial charge on any atom is 0.320 e. The Bertz CT molecular complexity index is 716. The Morgan fingerprint density at radius 3 is 2.67 bits per heavy atom. The number of carboxylic acids is 1. The van der Waals surface area contributed by atoms with Crippen LogP contribution in [0.5, 0.6) is 0 Å². The van der Waals surface area contributed by atoms with Crippen LogP contribution in [-0.2, 0) is 47.1 Å². The monoisotopic (exact) mass is 405 g/mol. The molecule has 0 bridgehead atoms. The van der Waals surface area contributed by atoms with E-state index in [1.165, 1.54) is 7.05 Å². The Morgan fingerprint density at radius 2 is 2.04 bits per heavy atom. The molecular formula is C16H18N3O4Y-. The molecule has 1 aromatic heterocycles. The summed E-state index contributed by atoms with van der Waals surface area (Å²) < 4.78 is 0. The van der Waals surface area contributed by atoms with Gasteiger partial charge in [0.2, 0.25) is 5.91 Å². The maximum absolute atomic E-state index is 12.0. The number of aromatic nitrogens is 1. The van der Waals surface area contributed by atoms with Crippen molar-refractivity contribution >= 4 is 29.1 Å². The number of fused-ring (bicyclic) bond motifs is 1. The van der Waals surface area contributed by atoms with Crippen LogP contribution in [0.25, 0.3) is 10.9 Å². The molecule has 125 valence electrons. The summed E-state index contributed by atoms with van der Waals surface area (Å²) in [4.78, 5) is 37.1. The molecule has 1 amide bonds. The van der Waals surface area contributed by atoms with Gasteiger partial charge in [-0.2, -0.15) is 0 Å². The zero-order valence-electron chi connectivity index (χ0n) is 13.2. The van der Waals surface area contributed by atoms with E-state index in [2.05, 4.69) is 15.6 Å². The number of hydrogen-bond acceptors (Lipinski definition) is 4. The second-order valence-electron chi connectivity index (χ2n) is 5.13. The van der Waals surface area contributed by atoms with Gasteiger partial charge in [0.15, 0.2) is 0 Å². The third-order valence-corrected chi connectivity index (χ3v) is 3.66. The van der Waals surface area contributed by atoms with Crippen LogP contribution < -0.4 is 10.6 Å². The molecule has 0 spiro atoms. The molecule has 0 aliphatic heterocycles. The van der Waals surface area contributed by atoms with Gasteiger partial charge in [-0.3, -0.25) is 9.59 Å². The molecule has 7 nitrogen and oxygen atoms in total. The molecule has 4 N–H and O–H groups in total. The summed E-state index contributed by atoms with van der Waals surface area (Å²) in [5, 5.41) is 14.9. The molecule has 2 aromatic rings. The van der Waals surface area contributed by atoms with Crippen LogP contribution in [-0.4, -0.2) is 41.3 Å². The molecule has 0 aliphatic rings. The number of H-pyrrole nitrogens is 1. The van der Waals surface area contributed by atoms with E-state index in [1.807, 2.05) is 30.6 Å². The topological polar surface area (TPSA) is 111 Å². The van der Waals surface area contributed by atoms with Crippen LogP contribution in [0.3, 0.4) is 0 Å². The number of rotatable bonds is 8. The number of aromatic amines is 1. The van der Waals surface area contributed by atoms with Crippen molar-refractivity contribution in [3.05, 3.63) is 36.0 Å². The van der Waals surface area contributed by atoms with Crippen LogP contribution >= 0.6 is 0 Å². The number of hydrogen-bond donors (Lipinski definition) is 4. The van der Waals surface area contributed by atoms with Crippen molar-refractivity contribution in [1.29, 1.82) is 0 Å². The van der Waals surface area contributed by atoms with Crippen molar-refractivity contribution in [3.63, 3.8) is 0 Å². The van der Waals surface area contributed by atoms with E-state index in [0.29, 0.717) is 5.56 Å². The van der Waals surface area contributed by atoms with Crippen LogP contribution in [0, 0.1) is 0 Å². The maximum atomic E-state index is 12.0. The van der Waals surface area contributed by atoms with Gasteiger partial charge in [-0.05, 0) is 31.1 Å². The zero-order valence-corrected chi connectivity index (χ0v) is 16.0. The van der Waals surface area contributed by atoms with Gasteiger partial charge >= 0.3 is 5.97 Å². The molecule has 0 saturated carbocycles. The van der Waals surface area contributed by atoms with Crippen molar-refractivity contribution in [2.24, 2.45) is 0 Å². The normalized spacial score (nSPS) is 12.9. The Labute approximate surface area is 164 Å². The number of likely N-dealkylation sites (N-methyl/N-ethyl adjacent to an activating group) is 1. The number of carbonyl (C=O) groups is 2. The van der Waals surface area contributed by atoms with Crippen LogP contribution in [0.4, 0.5) is 0 Å². The smallest absolute Gasteiger partial charge is 0.320 e. The molecule has 0 fully saturated rings.